The number of nitrogens with zero attached hydrogens (tertiary/aromatic N) is 1. The topological polar surface area (TPSA) is 58.6 Å². The summed E-state index contributed by atoms with van der Waals surface area (Å²) in [6.07, 6.45) is -2.11. The summed E-state index contributed by atoms with van der Waals surface area (Å²) in [6.45, 7) is 0.170. The number of hydrogen-bond donors (Lipinski definition) is 1. The number of benzene rings is 1. The maximum atomic E-state index is 12.3. The number of hydrogen-bond acceptors (Lipinski definition) is 3. The average molecular weight is 344 g/mol. The van der Waals surface area contributed by atoms with Crippen LogP contribution in [0.2, 0.25) is 0 Å². The smallest absolute Gasteiger partial charge is 0.406 e. The highest BCUT2D eigenvalue weighted by molar-refractivity contribution is 5.87. The Morgan fingerprint density at radius 1 is 1.29 bits per heavy atom. The first-order chi connectivity index (χ1) is 11.3. The van der Waals surface area contributed by atoms with Crippen molar-refractivity contribution in [3.63, 3.8) is 0 Å². The molecule has 24 heavy (non-hydrogen) atoms. The van der Waals surface area contributed by atoms with E-state index in [1.165, 1.54) is 29.2 Å². The molecule has 0 aromatic heterocycles. The molecule has 8 heteroatoms. The van der Waals surface area contributed by atoms with Crippen LogP contribution in [0.25, 0.3) is 0 Å². The summed E-state index contributed by atoms with van der Waals surface area (Å²) < 4.78 is 40.1. The van der Waals surface area contributed by atoms with Gasteiger partial charge in [-0.1, -0.05) is 18.6 Å². The molecule has 1 N–H and O–H groups in total. The molecule has 0 saturated carbocycles. The molecule has 2 amide bonds. The molecule has 132 valence electrons. The van der Waals surface area contributed by atoms with Gasteiger partial charge in [-0.05, 0) is 30.5 Å². The zero-order valence-corrected chi connectivity index (χ0v) is 13.2. The van der Waals surface area contributed by atoms with E-state index in [9.17, 15) is 22.8 Å². The van der Waals surface area contributed by atoms with Gasteiger partial charge in [0, 0.05) is 20.0 Å². The Morgan fingerprint density at radius 3 is 2.58 bits per heavy atom. The molecule has 0 radical (unpaired) electrons. The molecule has 1 atom stereocenters. The van der Waals surface area contributed by atoms with Crippen LogP contribution >= 0.6 is 0 Å². The summed E-state index contributed by atoms with van der Waals surface area (Å²) in [7, 11) is 1.61. The summed E-state index contributed by atoms with van der Waals surface area (Å²) in [5, 5.41) is 2.72. The molecule has 0 spiro atoms. The number of rotatable bonds is 4. The molecule has 1 fully saturated rings. The molecule has 1 aliphatic heterocycles. The molecule has 1 unspecified atom stereocenters. The highest BCUT2D eigenvalue weighted by Gasteiger charge is 2.31. The van der Waals surface area contributed by atoms with Gasteiger partial charge in [-0.15, -0.1) is 13.2 Å². The molecule has 1 saturated heterocycles. The third kappa shape index (κ3) is 5.14. The monoisotopic (exact) mass is 344 g/mol. The van der Waals surface area contributed by atoms with Crippen LogP contribution in [0.3, 0.4) is 0 Å². The fourth-order valence-corrected chi connectivity index (χ4v) is 2.58. The van der Waals surface area contributed by atoms with Crippen LogP contribution in [0.1, 0.15) is 31.2 Å². The van der Waals surface area contributed by atoms with E-state index in [1.807, 2.05) is 0 Å². The Kier molecular flexibility index (Phi) is 5.69. The fraction of sp³-hybridized carbons (Fsp3) is 0.500. The lowest BCUT2D eigenvalue weighted by Gasteiger charge is -2.25. The highest BCUT2D eigenvalue weighted by atomic mass is 19.4. The zero-order chi connectivity index (χ0) is 17.7. The Hall–Kier alpha value is -2.25. The molecule has 2 rings (SSSR count). The van der Waals surface area contributed by atoms with Gasteiger partial charge in [-0.2, -0.15) is 0 Å². The van der Waals surface area contributed by atoms with Crippen molar-refractivity contribution in [3.05, 3.63) is 29.8 Å². The minimum atomic E-state index is -4.73. The summed E-state index contributed by atoms with van der Waals surface area (Å²) in [4.78, 5) is 25.5. The van der Waals surface area contributed by atoms with Crippen LogP contribution in [0.4, 0.5) is 13.2 Å². The third-order valence-electron chi connectivity index (χ3n) is 3.91. The molecule has 1 heterocycles. The lowest BCUT2D eigenvalue weighted by molar-refractivity contribution is -0.274. The second kappa shape index (κ2) is 7.55. The molecule has 1 aromatic rings. The molecule has 1 aliphatic rings. The van der Waals surface area contributed by atoms with E-state index < -0.39 is 12.4 Å². The first-order valence-corrected chi connectivity index (χ1v) is 7.64. The predicted octanol–water partition coefficient (Wildman–Crippen LogP) is 2.60. The van der Waals surface area contributed by atoms with Crippen LogP contribution in [-0.2, 0) is 16.1 Å². The minimum absolute atomic E-state index is 0.0543. The number of carbonyl (C=O) groups is 2. The lowest BCUT2D eigenvalue weighted by atomic mass is 10.1. The molecule has 1 aromatic carbocycles. The van der Waals surface area contributed by atoms with Crippen LogP contribution in [-0.4, -0.2) is 36.2 Å². The largest absolute Gasteiger partial charge is 0.573 e. The first-order valence-electron chi connectivity index (χ1n) is 7.64. The lowest BCUT2D eigenvalue weighted by Crippen LogP contribution is -2.46. The predicted molar refractivity (Wildman–Crippen MR) is 80.0 cm³/mol. The number of likely N-dealkylation sites (tertiary alicyclic amines) is 1. The van der Waals surface area contributed by atoms with Crippen molar-refractivity contribution in [1.82, 2.24) is 10.2 Å². The van der Waals surface area contributed by atoms with Crippen LogP contribution in [0.5, 0.6) is 5.75 Å². The normalized spacial score (nSPS) is 18.9. The Balaban J connectivity index is 1.90. The van der Waals surface area contributed by atoms with Crippen molar-refractivity contribution < 1.29 is 27.5 Å². The summed E-state index contributed by atoms with van der Waals surface area (Å²) in [6, 6.07) is 4.77. The Bertz CT molecular complexity index is 587. The quantitative estimate of drug-likeness (QED) is 0.913. The molecule has 0 aliphatic carbocycles. The number of alkyl halides is 3. The van der Waals surface area contributed by atoms with E-state index in [2.05, 4.69) is 10.1 Å². The second-order valence-corrected chi connectivity index (χ2v) is 5.68. The number of likely N-dealkylation sites (N-methyl/N-ethyl adjacent to an activating group) is 1. The SMILES string of the molecule is CN1C(=O)CCCCC1C(=O)NCc1ccc(OC(F)(F)F)cc1. The number of ether oxygens (including phenoxy) is 1. The van der Waals surface area contributed by atoms with Gasteiger partial charge in [0.2, 0.25) is 11.8 Å². The van der Waals surface area contributed by atoms with Gasteiger partial charge in [0.25, 0.3) is 0 Å². The van der Waals surface area contributed by atoms with E-state index in [0.29, 0.717) is 18.4 Å². The van der Waals surface area contributed by atoms with Gasteiger partial charge in [0.1, 0.15) is 11.8 Å². The van der Waals surface area contributed by atoms with Gasteiger partial charge in [-0.3, -0.25) is 9.59 Å². The number of halogens is 3. The van der Waals surface area contributed by atoms with Crippen LogP contribution in [0.15, 0.2) is 24.3 Å². The Labute approximate surface area is 137 Å². The molecular weight excluding hydrogens is 325 g/mol. The summed E-state index contributed by atoms with van der Waals surface area (Å²) in [5.74, 6) is -0.628. The fourth-order valence-electron chi connectivity index (χ4n) is 2.58. The summed E-state index contributed by atoms with van der Waals surface area (Å²) in [5.41, 5.74) is 0.639. The maximum absolute atomic E-state index is 12.3. The third-order valence-corrected chi connectivity index (χ3v) is 3.91. The van der Waals surface area contributed by atoms with E-state index in [-0.39, 0.29) is 24.1 Å². The Morgan fingerprint density at radius 2 is 1.96 bits per heavy atom. The maximum Gasteiger partial charge on any atom is 0.573 e. The van der Waals surface area contributed by atoms with Crippen molar-refractivity contribution in [1.29, 1.82) is 0 Å². The van der Waals surface area contributed by atoms with Gasteiger partial charge in [0.05, 0.1) is 0 Å². The molecule has 5 nitrogen and oxygen atoms in total. The average Bonchev–Trinajstić information content (AvgIpc) is 2.67. The molecular formula is C16H19F3N2O3. The van der Waals surface area contributed by atoms with E-state index >= 15 is 0 Å². The number of carbonyl (C=O) groups excluding carboxylic acids is 2. The van der Waals surface area contributed by atoms with Crippen molar-refractivity contribution in [2.75, 3.05) is 7.05 Å². The van der Waals surface area contributed by atoms with Gasteiger partial charge < -0.3 is 15.0 Å². The summed E-state index contributed by atoms with van der Waals surface area (Å²) >= 11 is 0. The van der Waals surface area contributed by atoms with Gasteiger partial charge in [-0.25, -0.2) is 0 Å². The van der Waals surface area contributed by atoms with Crippen molar-refractivity contribution in [3.8, 4) is 5.75 Å². The minimum Gasteiger partial charge on any atom is -0.406 e. The van der Waals surface area contributed by atoms with E-state index in [1.54, 1.807) is 7.05 Å². The van der Waals surface area contributed by atoms with Gasteiger partial charge in [0.15, 0.2) is 0 Å². The van der Waals surface area contributed by atoms with Crippen LogP contribution < -0.4 is 10.1 Å². The van der Waals surface area contributed by atoms with Crippen molar-refractivity contribution in [2.24, 2.45) is 0 Å². The number of amides is 2. The van der Waals surface area contributed by atoms with E-state index in [4.69, 9.17) is 0 Å². The zero-order valence-electron chi connectivity index (χ0n) is 13.2. The van der Waals surface area contributed by atoms with Crippen molar-refractivity contribution >= 4 is 11.8 Å². The highest BCUT2D eigenvalue weighted by Crippen LogP contribution is 2.22. The standard InChI is InChI=1S/C16H19F3N2O3/c1-21-13(4-2-3-5-14(21)22)15(23)20-10-11-6-8-12(9-7-11)24-16(17,18)19/h6-9,13H,2-5,10H2,1H3,(H,20,23). The second-order valence-electron chi connectivity index (χ2n) is 5.68. The van der Waals surface area contributed by atoms with Gasteiger partial charge >= 0.3 is 6.36 Å². The first kappa shape index (κ1) is 18.1. The van der Waals surface area contributed by atoms with Crippen molar-refractivity contribution in [2.45, 2.75) is 44.6 Å². The van der Waals surface area contributed by atoms with Crippen LogP contribution in [0, 0.1) is 0 Å². The number of nitrogens with one attached hydrogen (secondary N) is 1. The van der Waals surface area contributed by atoms with E-state index in [0.717, 1.165) is 12.8 Å². The molecule has 0 bridgehead atoms.